The third-order valence-electron chi connectivity index (χ3n) is 9.13. The number of phenols is 1. The van der Waals surface area contributed by atoms with Crippen molar-refractivity contribution in [1.82, 2.24) is 0 Å². The van der Waals surface area contributed by atoms with Crippen LogP contribution in [0.4, 0.5) is 11.4 Å². The average molecular weight is 604 g/mol. The van der Waals surface area contributed by atoms with Crippen LogP contribution in [-0.4, -0.2) is 77.5 Å². The molecule has 0 spiro atoms. The predicted molar refractivity (Wildman–Crippen MR) is 164 cm³/mol. The third kappa shape index (κ3) is 4.90. The van der Waals surface area contributed by atoms with Crippen molar-refractivity contribution < 1.29 is 39.6 Å². The van der Waals surface area contributed by atoms with Crippen molar-refractivity contribution in [2.24, 2.45) is 17.6 Å². The van der Waals surface area contributed by atoms with E-state index < -0.39 is 52.0 Å². The molecule has 3 aliphatic carbocycles. The van der Waals surface area contributed by atoms with E-state index in [9.17, 15) is 39.6 Å². The molecule has 0 unspecified atom stereocenters. The van der Waals surface area contributed by atoms with Gasteiger partial charge in [-0.3, -0.25) is 19.2 Å². The van der Waals surface area contributed by atoms with Crippen molar-refractivity contribution in [3.8, 4) is 5.75 Å². The minimum atomic E-state index is -2.62. The van der Waals surface area contributed by atoms with E-state index in [1.807, 2.05) is 48.2 Å². The van der Waals surface area contributed by atoms with E-state index in [-0.39, 0.29) is 61.2 Å². The van der Waals surface area contributed by atoms with Crippen LogP contribution < -0.4 is 15.5 Å². The number of primary amides is 1. The summed E-state index contributed by atoms with van der Waals surface area (Å²) in [5.74, 6) is -6.70. The summed E-state index contributed by atoms with van der Waals surface area (Å²) < 4.78 is 0. The number of aryl methyl sites for hydroxylation is 1. The molecule has 0 radical (unpaired) electrons. The molecule has 1 amide bonds. The summed E-state index contributed by atoms with van der Waals surface area (Å²) in [6, 6.07) is 9.44. The van der Waals surface area contributed by atoms with Gasteiger partial charge in [0.1, 0.15) is 28.6 Å². The highest BCUT2D eigenvalue weighted by Gasteiger charge is 2.60. The standard InChI is InChI=1S/C33H37N3O8/c1-35(2)20-8-5-16(6-9-20)11-21(37)10-7-17-14-23(36(3)4)22-13-18-12-19-15-24(38)27(32(34)43)31(42)33(19,44)30(41)25(18)29(40)26(22)28(17)39/h5-6,8-9,14,18-19,39-40,42,44H,7,10-13,15H2,1-4H3,(H2,34,43)/t18-,19+,33+/m1/s1. The van der Waals surface area contributed by atoms with Gasteiger partial charge >= 0.3 is 0 Å². The second-order valence-corrected chi connectivity index (χ2v) is 12.3. The lowest BCUT2D eigenvalue weighted by molar-refractivity contribution is -0.147. The number of benzene rings is 2. The highest BCUT2D eigenvalue weighted by Crippen LogP contribution is 2.53. The summed E-state index contributed by atoms with van der Waals surface area (Å²) in [4.78, 5) is 55.0. The van der Waals surface area contributed by atoms with Crippen LogP contribution in [0.15, 0.2) is 47.2 Å². The van der Waals surface area contributed by atoms with Crippen molar-refractivity contribution in [2.75, 3.05) is 38.0 Å². The zero-order valence-corrected chi connectivity index (χ0v) is 25.2. The SMILES string of the molecule is CN(C)c1ccc(CC(=O)CCc2cc(N(C)C)c3c(c2O)C(O)=C2C(=O)[C@]4(O)C(O)=C(C(N)=O)C(=O)C[C@@H]4C[C@@H]2C3)cc1. The number of aromatic hydroxyl groups is 1. The molecule has 3 aliphatic rings. The summed E-state index contributed by atoms with van der Waals surface area (Å²) in [6.45, 7) is 0. The number of fused-ring (bicyclic) bond motifs is 3. The number of carbonyl (C=O) groups is 4. The van der Waals surface area contributed by atoms with Gasteiger partial charge in [0.2, 0.25) is 5.78 Å². The Labute approximate surface area is 254 Å². The Morgan fingerprint density at radius 3 is 2.25 bits per heavy atom. The van der Waals surface area contributed by atoms with E-state index in [1.165, 1.54) is 0 Å². The van der Waals surface area contributed by atoms with Crippen LogP contribution in [0.25, 0.3) is 5.76 Å². The first-order valence-electron chi connectivity index (χ1n) is 14.5. The Morgan fingerprint density at radius 2 is 1.66 bits per heavy atom. The largest absolute Gasteiger partial charge is 0.508 e. The predicted octanol–water partition coefficient (Wildman–Crippen LogP) is 2.30. The van der Waals surface area contributed by atoms with Crippen LogP contribution in [0.5, 0.6) is 5.75 Å². The zero-order valence-electron chi connectivity index (χ0n) is 25.2. The van der Waals surface area contributed by atoms with E-state index in [2.05, 4.69) is 0 Å². The number of phenolic OH excluding ortho intramolecular Hbond substituents is 1. The average Bonchev–Trinajstić information content (AvgIpc) is 2.94. The van der Waals surface area contributed by atoms with Gasteiger partial charge < -0.3 is 36.0 Å². The molecule has 1 fully saturated rings. The molecule has 0 heterocycles. The maximum Gasteiger partial charge on any atom is 0.255 e. The first kappa shape index (κ1) is 30.8. The number of rotatable bonds is 8. The molecule has 44 heavy (non-hydrogen) atoms. The summed E-state index contributed by atoms with van der Waals surface area (Å²) in [7, 11) is 7.47. The monoisotopic (exact) mass is 603 g/mol. The van der Waals surface area contributed by atoms with Crippen LogP contribution in [-0.2, 0) is 38.4 Å². The molecule has 1 saturated carbocycles. The smallest absolute Gasteiger partial charge is 0.255 e. The normalized spacial score (nSPS) is 22.8. The molecule has 11 heteroatoms. The van der Waals surface area contributed by atoms with Gasteiger partial charge in [0, 0.05) is 70.3 Å². The first-order valence-corrected chi connectivity index (χ1v) is 14.5. The molecule has 0 aliphatic heterocycles. The maximum atomic E-state index is 13.8. The second-order valence-electron chi connectivity index (χ2n) is 12.3. The number of nitrogens with zero attached hydrogens (tertiary/aromatic N) is 2. The Balaban J connectivity index is 1.50. The lowest BCUT2D eigenvalue weighted by atomic mass is 9.59. The van der Waals surface area contributed by atoms with Crippen molar-refractivity contribution in [2.45, 2.75) is 44.1 Å². The molecule has 3 atom stereocenters. The van der Waals surface area contributed by atoms with Crippen molar-refractivity contribution in [3.63, 3.8) is 0 Å². The van der Waals surface area contributed by atoms with E-state index in [0.717, 1.165) is 11.3 Å². The number of Topliss-reactive ketones (excluding diaryl/α,β-unsaturated/α-hetero) is 3. The maximum absolute atomic E-state index is 13.8. The minimum absolute atomic E-state index is 0.0186. The van der Waals surface area contributed by atoms with Crippen molar-refractivity contribution >= 4 is 40.4 Å². The third-order valence-corrected chi connectivity index (χ3v) is 9.13. The summed E-state index contributed by atoms with van der Waals surface area (Å²) in [5.41, 5.74) is 5.17. The lowest BCUT2D eigenvalue weighted by Gasteiger charge is -2.46. The molecule has 0 bridgehead atoms. The number of aliphatic hydroxyl groups is 3. The molecule has 0 saturated heterocycles. The number of nitrogens with two attached hydrogens (primary N) is 1. The number of ketones is 3. The van der Waals surface area contributed by atoms with Crippen LogP contribution in [0.2, 0.25) is 0 Å². The Bertz CT molecular complexity index is 1650. The van der Waals surface area contributed by atoms with Gasteiger partial charge in [-0.1, -0.05) is 12.1 Å². The first-order chi connectivity index (χ1) is 20.7. The Morgan fingerprint density at radius 1 is 1.00 bits per heavy atom. The van der Waals surface area contributed by atoms with E-state index in [0.29, 0.717) is 16.8 Å². The number of hydrogen-bond acceptors (Lipinski definition) is 10. The molecule has 6 N–H and O–H groups in total. The van der Waals surface area contributed by atoms with Crippen LogP contribution >= 0.6 is 0 Å². The summed E-state index contributed by atoms with van der Waals surface area (Å²) >= 11 is 0. The van der Waals surface area contributed by atoms with Gasteiger partial charge in [-0.15, -0.1) is 0 Å². The Hall–Kier alpha value is -4.64. The van der Waals surface area contributed by atoms with Gasteiger partial charge in [0.05, 0.1) is 5.56 Å². The summed E-state index contributed by atoms with van der Waals surface area (Å²) in [5, 5.41) is 45.2. The molecular formula is C33H37N3O8. The van der Waals surface area contributed by atoms with Gasteiger partial charge in [0.25, 0.3) is 5.91 Å². The second kappa shape index (κ2) is 11.1. The number of amides is 1. The van der Waals surface area contributed by atoms with Crippen LogP contribution in [0, 0.1) is 11.8 Å². The van der Waals surface area contributed by atoms with Gasteiger partial charge in [-0.05, 0) is 60.1 Å². The molecule has 11 nitrogen and oxygen atoms in total. The molecule has 5 rings (SSSR count). The molecular weight excluding hydrogens is 566 g/mol. The fraction of sp³-hybridized carbons (Fsp3) is 0.394. The fourth-order valence-corrected chi connectivity index (χ4v) is 6.82. The topological polar surface area (TPSA) is 182 Å². The number of hydrogen-bond donors (Lipinski definition) is 5. The van der Waals surface area contributed by atoms with Gasteiger partial charge in [-0.2, -0.15) is 0 Å². The molecule has 2 aromatic rings. The zero-order chi connectivity index (χ0) is 32.2. The van der Waals surface area contributed by atoms with Gasteiger partial charge in [0.15, 0.2) is 11.4 Å². The molecule has 0 aromatic heterocycles. The van der Waals surface area contributed by atoms with Gasteiger partial charge in [-0.25, -0.2) is 0 Å². The van der Waals surface area contributed by atoms with Crippen LogP contribution in [0.1, 0.15) is 41.5 Å². The number of aliphatic hydroxyl groups excluding tert-OH is 2. The van der Waals surface area contributed by atoms with Crippen LogP contribution in [0.3, 0.4) is 0 Å². The van der Waals surface area contributed by atoms with Crippen molar-refractivity contribution in [1.29, 1.82) is 0 Å². The van der Waals surface area contributed by atoms with Crippen molar-refractivity contribution in [3.05, 3.63) is 69.5 Å². The highest BCUT2D eigenvalue weighted by molar-refractivity contribution is 6.22. The highest BCUT2D eigenvalue weighted by atomic mass is 16.3. The van der Waals surface area contributed by atoms with E-state index in [1.54, 1.807) is 20.2 Å². The number of anilines is 2. The lowest BCUT2D eigenvalue weighted by Crippen LogP contribution is -2.58. The van der Waals surface area contributed by atoms with E-state index in [4.69, 9.17) is 5.73 Å². The quantitative estimate of drug-likeness (QED) is 0.281. The van der Waals surface area contributed by atoms with E-state index >= 15 is 0 Å². The number of carbonyl (C=O) groups excluding carboxylic acids is 4. The molecule has 2 aromatic carbocycles. The Kier molecular flexibility index (Phi) is 7.79. The summed E-state index contributed by atoms with van der Waals surface area (Å²) in [6.07, 6.45) is 0.407. The fourth-order valence-electron chi connectivity index (χ4n) is 6.82. The molecule has 232 valence electrons. The minimum Gasteiger partial charge on any atom is -0.508 e.